The monoisotopic (exact) mass is 1110 g/mol. The fourth-order valence-corrected chi connectivity index (χ4v) is 10.5. The average Bonchev–Trinajstić information content (AvgIpc) is 3.41. The summed E-state index contributed by atoms with van der Waals surface area (Å²) in [5, 5.41) is 14.1. The van der Waals surface area contributed by atoms with Gasteiger partial charge < -0.3 is 28.8 Å². The lowest BCUT2D eigenvalue weighted by molar-refractivity contribution is -0.870. The standard InChI is InChI=1S/C69H129N2O6P/c1-6-8-10-12-14-16-18-20-22-24-26-28-30-31-32-33-34-35-36-37-38-39-41-43-45-47-49-51-53-55-57-59-61-63-69(73)70-67(66-77-78(74,75)76-65-64-71(3,4)5)68(72)62-60-58-56-54-52-50-48-46-44-42-40-29-27-25-23-21-19-17-15-13-11-9-7-2/h8,10,14,16,20,22,26,28,31-32,34-35,67-68,72H,6-7,9,11-13,15,17-19,21,23-25,27,29-30,33,36-66H2,1-5H3,(H-,70,73,74,75)/b10-8-,16-14-,22-20-,28-26-,32-31-,35-34-. The summed E-state index contributed by atoms with van der Waals surface area (Å²) in [6.45, 7) is 4.64. The molecule has 0 aromatic rings. The Morgan fingerprint density at radius 2 is 0.782 bits per heavy atom. The van der Waals surface area contributed by atoms with E-state index in [0.29, 0.717) is 23.9 Å². The molecule has 0 rings (SSSR count). The van der Waals surface area contributed by atoms with Gasteiger partial charge in [-0.2, -0.15) is 0 Å². The predicted octanol–water partition coefficient (Wildman–Crippen LogP) is 20.4. The van der Waals surface area contributed by atoms with Crippen molar-refractivity contribution in [1.82, 2.24) is 5.32 Å². The number of carbonyl (C=O) groups excluding carboxylic acids is 1. The number of aliphatic hydroxyl groups is 1. The number of unbranched alkanes of at least 4 members (excludes halogenated alkanes) is 36. The summed E-state index contributed by atoms with van der Waals surface area (Å²) in [7, 11) is 1.31. The predicted molar refractivity (Wildman–Crippen MR) is 339 cm³/mol. The van der Waals surface area contributed by atoms with Crippen LogP contribution in [0.4, 0.5) is 0 Å². The Labute approximate surface area is 484 Å². The van der Waals surface area contributed by atoms with Crippen molar-refractivity contribution in [2.75, 3.05) is 40.9 Å². The third-order valence-corrected chi connectivity index (χ3v) is 15.9. The lowest BCUT2D eigenvalue weighted by Crippen LogP contribution is -2.46. The highest BCUT2D eigenvalue weighted by Gasteiger charge is 2.24. The van der Waals surface area contributed by atoms with Crippen LogP contribution in [-0.2, 0) is 18.4 Å². The van der Waals surface area contributed by atoms with Crippen LogP contribution in [0.2, 0.25) is 0 Å². The maximum Gasteiger partial charge on any atom is 0.268 e. The van der Waals surface area contributed by atoms with Gasteiger partial charge in [0.2, 0.25) is 5.91 Å². The molecule has 0 heterocycles. The van der Waals surface area contributed by atoms with Crippen LogP contribution in [0.25, 0.3) is 0 Å². The van der Waals surface area contributed by atoms with Gasteiger partial charge in [-0.3, -0.25) is 9.36 Å². The highest BCUT2D eigenvalue weighted by molar-refractivity contribution is 7.45. The Hall–Kier alpha value is -2.06. The van der Waals surface area contributed by atoms with Crippen molar-refractivity contribution in [3.05, 3.63) is 72.9 Å². The number of nitrogens with one attached hydrogen (secondary N) is 1. The van der Waals surface area contributed by atoms with Crippen LogP contribution >= 0.6 is 7.82 Å². The molecular weight excluding hydrogens is 984 g/mol. The number of aliphatic hydroxyl groups excluding tert-OH is 1. The van der Waals surface area contributed by atoms with E-state index in [1.807, 2.05) is 21.1 Å². The van der Waals surface area contributed by atoms with Crippen molar-refractivity contribution in [2.24, 2.45) is 0 Å². The van der Waals surface area contributed by atoms with Gasteiger partial charge in [-0.25, -0.2) is 0 Å². The first-order chi connectivity index (χ1) is 38.0. The molecule has 2 N–H and O–H groups in total. The summed E-state index contributed by atoms with van der Waals surface area (Å²) in [5.41, 5.74) is 0. The Morgan fingerprint density at radius 1 is 0.462 bits per heavy atom. The zero-order chi connectivity index (χ0) is 57.0. The fraction of sp³-hybridized carbons (Fsp3) is 0.812. The van der Waals surface area contributed by atoms with E-state index in [9.17, 15) is 19.4 Å². The van der Waals surface area contributed by atoms with Crippen LogP contribution in [0.5, 0.6) is 0 Å². The largest absolute Gasteiger partial charge is 0.756 e. The molecule has 0 radical (unpaired) electrons. The smallest absolute Gasteiger partial charge is 0.268 e. The number of amides is 1. The number of allylic oxidation sites excluding steroid dienone is 12. The molecular formula is C69H129N2O6P. The lowest BCUT2D eigenvalue weighted by atomic mass is 10.0. The molecule has 0 aliphatic heterocycles. The van der Waals surface area contributed by atoms with Crippen LogP contribution in [0.3, 0.4) is 0 Å². The normalized spacial score (nSPS) is 14.2. The number of hydrogen-bond donors (Lipinski definition) is 2. The molecule has 0 aliphatic rings. The van der Waals surface area contributed by atoms with Gasteiger partial charge >= 0.3 is 0 Å². The second-order valence-corrected chi connectivity index (χ2v) is 25.2. The van der Waals surface area contributed by atoms with Gasteiger partial charge in [-0.05, 0) is 64.2 Å². The summed E-state index contributed by atoms with van der Waals surface area (Å²) in [4.78, 5) is 25.6. The van der Waals surface area contributed by atoms with Gasteiger partial charge in [0.1, 0.15) is 13.2 Å². The molecule has 0 saturated heterocycles. The van der Waals surface area contributed by atoms with Crippen LogP contribution in [0.15, 0.2) is 72.9 Å². The third-order valence-electron chi connectivity index (χ3n) is 15.0. The molecule has 0 bridgehead atoms. The number of phosphoric ester groups is 1. The summed E-state index contributed by atoms with van der Waals surface area (Å²) in [5.74, 6) is -0.163. The molecule has 0 aliphatic carbocycles. The number of rotatable bonds is 61. The first-order valence-corrected chi connectivity index (χ1v) is 34.7. The maximum absolute atomic E-state index is 13.0. The number of quaternary nitrogens is 1. The van der Waals surface area contributed by atoms with Crippen LogP contribution in [0.1, 0.15) is 309 Å². The molecule has 8 nitrogen and oxygen atoms in total. The molecule has 0 spiro atoms. The van der Waals surface area contributed by atoms with Crippen molar-refractivity contribution < 1.29 is 32.9 Å². The zero-order valence-electron chi connectivity index (χ0n) is 52.1. The number of nitrogens with zero attached hydrogens (tertiary/aromatic N) is 1. The highest BCUT2D eigenvalue weighted by atomic mass is 31.2. The Bertz CT molecular complexity index is 1500. The van der Waals surface area contributed by atoms with E-state index in [1.165, 1.54) is 205 Å². The van der Waals surface area contributed by atoms with E-state index in [4.69, 9.17) is 9.05 Å². The van der Waals surface area contributed by atoms with Crippen molar-refractivity contribution in [2.45, 2.75) is 321 Å². The first-order valence-electron chi connectivity index (χ1n) is 33.3. The van der Waals surface area contributed by atoms with Crippen LogP contribution in [-0.4, -0.2) is 68.5 Å². The average molecular weight is 1110 g/mol. The van der Waals surface area contributed by atoms with Gasteiger partial charge in [-0.1, -0.05) is 311 Å². The summed E-state index contributed by atoms with van der Waals surface area (Å²) >= 11 is 0. The van der Waals surface area contributed by atoms with Gasteiger partial charge in [0.05, 0.1) is 39.9 Å². The van der Waals surface area contributed by atoms with E-state index < -0.39 is 20.0 Å². The molecule has 3 unspecified atom stereocenters. The van der Waals surface area contributed by atoms with Crippen molar-refractivity contribution in [3.63, 3.8) is 0 Å². The Kier molecular flexibility index (Phi) is 58.0. The highest BCUT2D eigenvalue weighted by Crippen LogP contribution is 2.38. The van der Waals surface area contributed by atoms with E-state index in [2.05, 4.69) is 92.1 Å². The SMILES string of the molecule is CC/C=C\C/C=C\C/C=C\C/C=C\C/C=C\C/C=C\CCCCCCCCCCCCCCCCC(=O)NC(COP(=O)([O-])OCC[N+](C)(C)C)C(O)CCCCCCCCCCCCCCCCCCCCCCCCC. The van der Waals surface area contributed by atoms with E-state index in [-0.39, 0.29) is 19.1 Å². The Balaban J connectivity index is 4.06. The number of hydrogen-bond acceptors (Lipinski definition) is 6. The fourth-order valence-electron chi connectivity index (χ4n) is 9.81. The van der Waals surface area contributed by atoms with Crippen molar-refractivity contribution >= 4 is 13.7 Å². The van der Waals surface area contributed by atoms with E-state index in [1.54, 1.807) is 0 Å². The molecule has 9 heteroatoms. The van der Waals surface area contributed by atoms with Crippen molar-refractivity contribution in [1.29, 1.82) is 0 Å². The second-order valence-electron chi connectivity index (χ2n) is 23.8. The molecule has 3 atom stereocenters. The molecule has 0 aromatic carbocycles. The second kappa shape index (κ2) is 59.6. The third kappa shape index (κ3) is 61.6. The number of carbonyl (C=O) groups is 1. The minimum absolute atomic E-state index is 0.0110. The minimum atomic E-state index is -4.58. The van der Waals surface area contributed by atoms with Gasteiger partial charge in [0.15, 0.2) is 0 Å². The lowest BCUT2D eigenvalue weighted by Gasteiger charge is -2.30. The topological polar surface area (TPSA) is 108 Å². The first kappa shape index (κ1) is 75.9. The molecule has 0 fully saturated rings. The summed E-state index contributed by atoms with van der Waals surface area (Å²) < 4.78 is 23.5. The molecule has 1 amide bonds. The molecule has 78 heavy (non-hydrogen) atoms. The minimum Gasteiger partial charge on any atom is -0.756 e. The maximum atomic E-state index is 13.0. The van der Waals surface area contributed by atoms with E-state index >= 15 is 0 Å². The van der Waals surface area contributed by atoms with Crippen molar-refractivity contribution in [3.8, 4) is 0 Å². The molecule has 0 aromatic heterocycles. The van der Waals surface area contributed by atoms with Crippen LogP contribution in [0, 0.1) is 0 Å². The Morgan fingerprint density at radius 3 is 1.14 bits per heavy atom. The molecule has 456 valence electrons. The summed E-state index contributed by atoms with van der Waals surface area (Å²) in [6.07, 6.45) is 82.4. The number of phosphoric acid groups is 1. The van der Waals surface area contributed by atoms with Crippen LogP contribution < -0.4 is 10.2 Å². The van der Waals surface area contributed by atoms with Gasteiger partial charge in [0, 0.05) is 6.42 Å². The number of likely N-dealkylation sites (N-methyl/N-ethyl adjacent to an activating group) is 1. The van der Waals surface area contributed by atoms with E-state index in [0.717, 1.165) is 77.0 Å². The molecule has 0 saturated carbocycles. The van der Waals surface area contributed by atoms with Gasteiger partial charge in [0.25, 0.3) is 7.82 Å². The zero-order valence-corrected chi connectivity index (χ0v) is 53.0. The van der Waals surface area contributed by atoms with Gasteiger partial charge in [-0.15, -0.1) is 0 Å². The summed E-state index contributed by atoms with van der Waals surface area (Å²) in [6, 6.07) is -0.805. The quantitative estimate of drug-likeness (QED) is 0.0272.